The molecule has 0 N–H and O–H groups in total. The molecule has 2 saturated heterocycles. The molecule has 24 heavy (non-hydrogen) atoms. The zero-order valence-electron chi connectivity index (χ0n) is 13.9. The summed E-state index contributed by atoms with van der Waals surface area (Å²) in [5.74, 6) is 0.103. The maximum atomic E-state index is 12.9. The molecule has 4 nitrogen and oxygen atoms in total. The Morgan fingerprint density at radius 1 is 1.08 bits per heavy atom. The van der Waals surface area contributed by atoms with Crippen LogP contribution in [0.4, 0.5) is 0 Å². The van der Waals surface area contributed by atoms with Gasteiger partial charge in [0, 0.05) is 30.1 Å². The van der Waals surface area contributed by atoms with Gasteiger partial charge in [0.1, 0.15) is 0 Å². The summed E-state index contributed by atoms with van der Waals surface area (Å²) in [4.78, 5) is 22.0. The molecule has 3 heterocycles. The highest BCUT2D eigenvalue weighted by molar-refractivity contribution is 7.12. The molecule has 0 radical (unpaired) electrons. The van der Waals surface area contributed by atoms with Gasteiger partial charge in [-0.25, -0.2) is 4.98 Å². The summed E-state index contributed by atoms with van der Waals surface area (Å²) in [5.41, 5.74) is 1.97. The smallest absolute Gasteiger partial charge is 0.282 e. The molecule has 2 aliphatic rings. The van der Waals surface area contributed by atoms with Crippen molar-refractivity contribution in [3.63, 3.8) is 0 Å². The molecule has 126 valence electrons. The van der Waals surface area contributed by atoms with Crippen LogP contribution in [0.25, 0.3) is 11.3 Å². The number of nitrogens with zero attached hydrogens (tertiary/aromatic N) is 3. The third-order valence-corrected chi connectivity index (χ3v) is 5.93. The van der Waals surface area contributed by atoms with Crippen molar-refractivity contribution in [2.24, 2.45) is 0 Å². The van der Waals surface area contributed by atoms with Crippen LogP contribution < -0.4 is 0 Å². The summed E-state index contributed by atoms with van der Waals surface area (Å²) >= 11 is 1.46. The minimum absolute atomic E-state index is 0.103. The third-order valence-electron chi connectivity index (χ3n) is 5.10. The number of piperidine rings is 1. The van der Waals surface area contributed by atoms with E-state index in [9.17, 15) is 4.79 Å². The Morgan fingerprint density at radius 3 is 2.67 bits per heavy atom. The van der Waals surface area contributed by atoms with Gasteiger partial charge in [-0.1, -0.05) is 30.3 Å². The van der Waals surface area contributed by atoms with E-state index in [1.54, 1.807) is 0 Å². The van der Waals surface area contributed by atoms with Gasteiger partial charge in [-0.3, -0.25) is 9.69 Å². The molecule has 2 aliphatic heterocycles. The SMILES string of the molecule is O=C(c1nc(-c2ccccc2)cs1)N1CCC[C@@H](N2CCCC2)C1. The standard InChI is InChI=1S/C19H23N3OS/c23-19(18-20-17(14-24-18)15-7-2-1-3-8-15)22-12-6-9-16(13-22)21-10-4-5-11-21/h1-3,7-8,14,16H,4-6,9-13H2/t16-/m1/s1. The average Bonchev–Trinajstić information content (AvgIpc) is 3.34. The quantitative estimate of drug-likeness (QED) is 0.857. The monoisotopic (exact) mass is 341 g/mol. The summed E-state index contributed by atoms with van der Waals surface area (Å²) < 4.78 is 0. The second-order valence-corrected chi connectivity index (χ2v) is 7.55. The minimum Gasteiger partial charge on any atom is -0.335 e. The first-order valence-corrected chi connectivity index (χ1v) is 9.73. The molecule has 0 spiro atoms. The summed E-state index contributed by atoms with van der Waals surface area (Å²) in [6.07, 6.45) is 4.93. The molecule has 1 aromatic heterocycles. The number of rotatable bonds is 3. The van der Waals surface area contributed by atoms with Crippen molar-refractivity contribution < 1.29 is 4.79 Å². The normalized spacial score (nSPS) is 22.0. The summed E-state index contributed by atoms with van der Waals surface area (Å²) in [7, 11) is 0. The Hall–Kier alpha value is -1.72. The van der Waals surface area contributed by atoms with E-state index in [-0.39, 0.29) is 5.91 Å². The van der Waals surface area contributed by atoms with Crippen LogP contribution in [-0.2, 0) is 0 Å². The van der Waals surface area contributed by atoms with Crippen molar-refractivity contribution in [1.29, 1.82) is 0 Å². The Morgan fingerprint density at radius 2 is 1.88 bits per heavy atom. The number of amides is 1. The number of hydrogen-bond donors (Lipinski definition) is 0. The number of aromatic nitrogens is 1. The van der Waals surface area contributed by atoms with Crippen LogP contribution >= 0.6 is 11.3 Å². The highest BCUT2D eigenvalue weighted by atomic mass is 32.1. The lowest BCUT2D eigenvalue weighted by Crippen LogP contribution is -2.48. The molecule has 1 atom stereocenters. The molecule has 2 aromatic rings. The molecule has 0 unspecified atom stereocenters. The Labute approximate surface area is 147 Å². The van der Waals surface area contributed by atoms with Gasteiger partial charge in [0.05, 0.1) is 5.69 Å². The number of carbonyl (C=O) groups excluding carboxylic acids is 1. The number of benzene rings is 1. The zero-order chi connectivity index (χ0) is 16.4. The van der Waals surface area contributed by atoms with E-state index in [0.29, 0.717) is 11.0 Å². The van der Waals surface area contributed by atoms with E-state index in [2.05, 4.69) is 9.88 Å². The Bertz CT molecular complexity index is 694. The van der Waals surface area contributed by atoms with E-state index >= 15 is 0 Å². The lowest BCUT2D eigenvalue weighted by Gasteiger charge is -2.37. The van der Waals surface area contributed by atoms with Crippen LogP contribution in [-0.4, -0.2) is 52.9 Å². The van der Waals surface area contributed by atoms with Crippen molar-refractivity contribution in [1.82, 2.24) is 14.8 Å². The molecule has 1 aromatic carbocycles. The first kappa shape index (κ1) is 15.8. The van der Waals surface area contributed by atoms with E-state index in [1.165, 1.54) is 43.7 Å². The fourth-order valence-corrected chi connectivity index (χ4v) is 4.59. The Balaban J connectivity index is 1.46. The highest BCUT2D eigenvalue weighted by Crippen LogP contribution is 2.25. The van der Waals surface area contributed by atoms with Crippen LogP contribution in [0.5, 0.6) is 0 Å². The molecule has 1 amide bonds. The maximum absolute atomic E-state index is 12.9. The first-order valence-electron chi connectivity index (χ1n) is 8.85. The van der Waals surface area contributed by atoms with Gasteiger partial charge in [0.25, 0.3) is 5.91 Å². The van der Waals surface area contributed by atoms with Crippen molar-refractivity contribution >= 4 is 17.2 Å². The Kier molecular flexibility index (Phi) is 4.63. The van der Waals surface area contributed by atoms with Crippen LogP contribution in [0.1, 0.15) is 35.5 Å². The molecular weight excluding hydrogens is 318 g/mol. The summed E-state index contributed by atoms with van der Waals surface area (Å²) in [6.45, 7) is 4.12. The lowest BCUT2D eigenvalue weighted by atomic mass is 10.0. The van der Waals surface area contributed by atoms with Gasteiger partial charge < -0.3 is 4.90 Å². The van der Waals surface area contributed by atoms with E-state index in [1.807, 2.05) is 40.6 Å². The number of thiazole rings is 1. The average molecular weight is 341 g/mol. The van der Waals surface area contributed by atoms with E-state index in [0.717, 1.165) is 30.8 Å². The highest BCUT2D eigenvalue weighted by Gasteiger charge is 2.30. The van der Waals surface area contributed by atoms with E-state index in [4.69, 9.17) is 0 Å². The molecular formula is C19H23N3OS. The summed E-state index contributed by atoms with van der Waals surface area (Å²) in [6, 6.07) is 10.6. The van der Waals surface area contributed by atoms with Gasteiger partial charge >= 0.3 is 0 Å². The largest absolute Gasteiger partial charge is 0.335 e. The van der Waals surface area contributed by atoms with Crippen LogP contribution in [0.3, 0.4) is 0 Å². The van der Waals surface area contributed by atoms with Crippen LogP contribution in [0.2, 0.25) is 0 Å². The van der Waals surface area contributed by atoms with Gasteiger partial charge in [-0.2, -0.15) is 0 Å². The number of likely N-dealkylation sites (tertiary alicyclic amines) is 2. The molecule has 0 bridgehead atoms. The molecule has 5 heteroatoms. The number of hydrogen-bond acceptors (Lipinski definition) is 4. The van der Waals surface area contributed by atoms with Gasteiger partial charge in [-0.15, -0.1) is 11.3 Å². The van der Waals surface area contributed by atoms with Crippen molar-refractivity contribution in [2.45, 2.75) is 31.7 Å². The van der Waals surface area contributed by atoms with Gasteiger partial charge in [0.15, 0.2) is 5.01 Å². The molecule has 4 rings (SSSR count). The second-order valence-electron chi connectivity index (χ2n) is 6.69. The predicted molar refractivity (Wildman–Crippen MR) is 97.3 cm³/mol. The van der Waals surface area contributed by atoms with Crippen LogP contribution in [0, 0.1) is 0 Å². The minimum atomic E-state index is 0.103. The molecule has 0 aliphatic carbocycles. The first-order chi connectivity index (χ1) is 11.8. The van der Waals surface area contributed by atoms with Crippen molar-refractivity contribution in [3.8, 4) is 11.3 Å². The fourth-order valence-electron chi connectivity index (χ4n) is 3.79. The van der Waals surface area contributed by atoms with E-state index < -0.39 is 0 Å². The molecule has 2 fully saturated rings. The van der Waals surface area contributed by atoms with Crippen molar-refractivity contribution in [3.05, 3.63) is 40.7 Å². The lowest BCUT2D eigenvalue weighted by molar-refractivity contribution is 0.0607. The van der Waals surface area contributed by atoms with Gasteiger partial charge in [0.2, 0.25) is 0 Å². The van der Waals surface area contributed by atoms with Crippen LogP contribution in [0.15, 0.2) is 35.7 Å². The second kappa shape index (κ2) is 7.03. The predicted octanol–water partition coefficient (Wildman–Crippen LogP) is 3.51. The fraction of sp³-hybridized carbons (Fsp3) is 0.474. The third kappa shape index (κ3) is 3.23. The maximum Gasteiger partial charge on any atom is 0.282 e. The topological polar surface area (TPSA) is 36.4 Å². The number of carbonyl (C=O) groups is 1. The zero-order valence-corrected chi connectivity index (χ0v) is 14.7. The summed E-state index contributed by atoms with van der Waals surface area (Å²) in [5, 5.41) is 2.61. The van der Waals surface area contributed by atoms with Gasteiger partial charge in [-0.05, 0) is 38.8 Å². The molecule has 0 saturated carbocycles. The van der Waals surface area contributed by atoms with Crippen molar-refractivity contribution in [2.75, 3.05) is 26.2 Å².